The first-order valence-corrected chi connectivity index (χ1v) is 6.14. The van der Waals surface area contributed by atoms with Crippen molar-refractivity contribution >= 4 is 17.2 Å². The topological polar surface area (TPSA) is 55.1 Å². The van der Waals surface area contributed by atoms with Crippen LogP contribution < -0.4 is 5.32 Å². The summed E-state index contributed by atoms with van der Waals surface area (Å²) in [7, 11) is 0. The fourth-order valence-corrected chi connectivity index (χ4v) is 2.34. The van der Waals surface area contributed by atoms with E-state index in [0.717, 1.165) is 15.6 Å². The zero-order valence-electron chi connectivity index (χ0n) is 10.0. The number of hydrogen-bond acceptors (Lipinski definition) is 4. The summed E-state index contributed by atoms with van der Waals surface area (Å²) in [6, 6.07) is 1.75. The number of nitrogens with one attached hydrogen (secondary N) is 1. The van der Waals surface area contributed by atoms with Crippen molar-refractivity contribution in [3.8, 4) is 0 Å². The Balaban J connectivity index is 2.00. The molecule has 2 aromatic heterocycles. The summed E-state index contributed by atoms with van der Waals surface area (Å²) in [5, 5.41) is 3.86. The van der Waals surface area contributed by atoms with Crippen LogP contribution in [0.5, 0.6) is 0 Å². The van der Waals surface area contributed by atoms with Gasteiger partial charge in [-0.2, -0.15) is 0 Å². The Morgan fingerprint density at radius 1 is 1.47 bits per heavy atom. The van der Waals surface area contributed by atoms with Crippen molar-refractivity contribution in [3.05, 3.63) is 39.2 Å². The van der Waals surface area contributed by atoms with Crippen molar-refractivity contribution in [3.63, 3.8) is 0 Å². The number of aryl methyl sites for hydroxylation is 3. The highest BCUT2D eigenvalue weighted by Gasteiger charge is 2.13. The Bertz CT molecular complexity index is 542. The minimum Gasteiger partial charge on any atom is -0.466 e. The molecule has 4 nitrogen and oxygen atoms in total. The molecule has 0 unspecified atom stereocenters. The van der Waals surface area contributed by atoms with Crippen LogP contribution in [0.4, 0.5) is 0 Å². The summed E-state index contributed by atoms with van der Waals surface area (Å²) in [6.45, 7) is 6.07. The van der Waals surface area contributed by atoms with Gasteiger partial charge in [0.15, 0.2) is 0 Å². The highest BCUT2D eigenvalue weighted by Crippen LogP contribution is 2.14. The smallest absolute Gasteiger partial charge is 0.255 e. The maximum Gasteiger partial charge on any atom is 0.255 e. The van der Waals surface area contributed by atoms with Crippen LogP contribution in [-0.2, 0) is 6.54 Å². The van der Waals surface area contributed by atoms with Gasteiger partial charge in [0.05, 0.1) is 17.1 Å². The van der Waals surface area contributed by atoms with Crippen LogP contribution in [0.2, 0.25) is 0 Å². The van der Waals surface area contributed by atoms with E-state index in [1.54, 1.807) is 30.5 Å². The summed E-state index contributed by atoms with van der Waals surface area (Å²) in [4.78, 5) is 17.1. The molecule has 1 amide bonds. The predicted octanol–water partition coefficient (Wildman–Crippen LogP) is 2.59. The second-order valence-corrected chi connectivity index (χ2v) is 5.17. The van der Waals surface area contributed by atoms with Gasteiger partial charge in [-0.15, -0.1) is 11.3 Å². The molecule has 0 atom stereocenters. The Hall–Kier alpha value is -1.62. The van der Waals surface area contributed by atoms with Gasteiger partial charge >= 0.3 is 0 Å². The highest BCUT2D eigenvalue weighted by atomic mass is 32.1. The summed E-state index contributed by atoms with van der Waals surface area (Å²) >= 11 is 1.59. The molecule has 0 saturated heterocycles. The molecule has 0 aromatic carbocycles. The van der Waals surface area contributed by atoms with Crippen LogP contribution in [-0.4, -0.2) is 10.9 Å². The summed E-state index contributed by atoms with van der Waals surface area (Å²) < 4.78 is 5.32. The molecule has 0 radical (unpaired) electrons. The lowest BCUT2D eigenvalue weighted by molar-refractivity contribution is 0.0950. The van der Waals surface area contributed by atoms with Crippen molar-refractivity contribution in [1.82, 2.24) is 10.3 Å². The van der Waals surface area contributed by atoms with Crippen LogP contribution in [0, 0.1) is 20.8 Å². The molecule has 2 rings (SSSR count). The first-order chi connectivity index (χ1) is 8.06. The third-order valence-electron chi connectivity index (χ3n) is 2.38. The molecule has 2 aromatic rings. The number of furan rings is 1. The van der Waals surface area contributed by atoms with Gasteiger partial charge < -0.3 is 9.73 Å². The van der Waals surface area contributed by atoms with E-state index in [1.165, 1.54) is 0 Å². The normalized spacial score (nSPS) is 10.5. The first kappa shape index (κ1) is 11.9. The monoisotopic (exact) mass is 250 g/mol. The second-order valence-electron chi connectivity index (χ2n) is 3.86. The van der Waals surface area contributed by atoms with Gasteiger partial charge in [0.25, 0.3) is 5.91 Å². The standard InChI is InChI=1S/C12H14N2O2S/c1-7-4-11(8(2)16-7)12(15)14-6-10-5-13-9(3)17-10/h4-5H,6H2,1-3H3,(H,14,15). The largest absolute Gasteiger partial charge is 0.466 e. The molecular formula is C12H14N2O2S. The molecule has 0 aliphatic carbocycles. The molecule has 90 valence electrons. The van der Waals surface area contributed by atoms with E-state index in [-0.39, 0.29) is 5.91 Å². The Morgan fingerprint density at radius 3 is 2.76 bits per heavy atom. The Labute approximate surface area is 104 Å². The van der Waals surface area contributed by atoms with Gasteiger partial charge in [0.2, 0.25) is 0 Å². The molecule has 0 aliphatic rings. The van der Waals surface area contributed by atoms with Crippen LogP contribution >= 0.6 is 11.3 Å². The van der Waals surface area contributed by atoms with Gasteiger partial charge in [-0.3, -0.25) is 4.79 Å². The molecule has 0 bridgehead atoms. The maximum absolute atomic E-state index is 11.9. The van der Waals surface area contributed by atoms with Crippen molar-refractivity contribution in [2.45, 2.75) is 27.3 Å². The number of amides is 1. The van der Waals surface area contributed by atoms with Crippen LogP contribution in [0.1, 0.15) is 31.8 Å². The summed E-state index contributed by atoms with van der Waals surface area (Å²) in [5.41, 5.74) is 0.601. The minimum absolute atomic E-state index is 0.106. The molecule has 1 N–H and O–H groups in total. The van der Waals surface area contributed by atoms with Crippen LogP contribution in [0.3, 0.4) is 0 Å². The maximum atomic E-state index is 11.9. The molecule has 5 heteroatoms. The molecule has 0 saturated carbocycles. The third kappa shape index (κ3) is 2.74. The second kappa shape index (κ2) is 4.71. The lowest BCUT2D eigenvalue weighted by Crippen LogP contribution is -2.22. The van der Waals surface area contributed by atoms with E-state index >= 15 is 0 Å². The lowest BCUT2D eigenvalue weighted by atomic mass is 10.2. The van der Waals surface area contributed by atoms with E-state index in [4.69, 9.17) is 4.42 Å². The molecule has 0 aliphatic heterocycles. The molecule has 2 heterocycles. The fourth-order valence-electron chi connectivity index (χ4n) is 1.61. The minimum atomic E-state index is -0.106. The zero-order valence-corrected chi connectivity index (χ0v) is 10.9. The number of rotatable bonds is 3. The number of thiazole rings is 1. The Kier molecular flexibility index (Phi) is 3.28. The number of carbonyl (C=O) groups is 1. The number of nitrogens with zero attached hydrogens (tertiary/aromatic N) is 1. The summed E-state index contributed by atoms with van der Waals surface area (Å²) in [5.74, 6) is 1.30. The zero-order chi connectivity index (χ0) is 12.4. The van der Waals surface area contributed by atoms with Gasteiger partial charge in [-0.05, 0) is 26.8 Å². The van der Waals surface area contributed by atoms with E-state index < -0.39 is 0 Å². The Morgan fingerprint density at radius 2 is 2.24 bits per heavy atom. The van der Waals surface area contributed by atoms with Gasteiger partial charge in [0.1, 0.15) is 11.5 Å². The van der Waals surface area contributed by atoms with Crippen molar-refractivity contribution in [1.29, 1.82) is 0 Å². The lowest BCUT2D eigenvalue weighted by Gasteiger charge is -2.01. The number of hydrogen-bond donors (Lipinski definition) is 1. The van der Waals surface area contributed by atoms with Gasteiger partial charge in [0, 0.05) is 11.1 Å². The average molecular weight is 250 g/mol. The van der Waals surface area contributed by atoms with Crippen LogP contribution in [0.25, 0.3) is 0 Å². The highest BCUT2D eigenvalue weighted by molar-refractivity contribution is 7.11. The van der Waals surface area contributed by atoms with Gasteiger partial charge in [-0.1, -0.05) is 0 Å². The SMILES string of the molecule is Cc1cc(C(=O)NCc2cnc(C)s2)c(C)o1. The van der Waals surface area contributed by atoms with E-state index in [1.807, 2.05) is 13.8 Å². The van der Waals surface area contributed by atoms with E-state index in [2.05, 4.69) is 10.3 Å². The van der Waals surface area contributed by atoms with Crippen LogP contribution in [0.15, 0.2) is 16.7 Å². The molecule has 0 spiro atoms. The average Bonchev–Trinajstić information content (AvgIpc) is 2.81. The van der Waals surface area contributed by atoms with Crippen molar-refractivity contribution in [2.24, 2.45) is 0 Å². The van der Waals surface area contributed by atoms with Crippen molar-refractivity contribution in [2.75, 3.05) is 0 Å². The quantitative estimate of drug-likeness (QED) is 0.911. The fraction of sp³-hybridized carbons (Fsp3) is 0.333. The first-order valence-electron chi connectivity index (χ1n) is 5.33. The van der Waals surface area contributed by atoms with E-state index in [9.17, 15) is 4.79 Å². The number of aromatic nitrogens is 1. The molecule has 17 heavy (non-hydrogen) atoms. The summed E-state index contributed by atoms with van der Waals surface area (Å²) in [6.07, 6.45) is 1.79. The predicted molar refractivity (Wildman–Crippen MR) is 66.2 cm³/mol. The molecule has 0 fully saturated rings. The molecular weight excluding hydrogens is 236 g/mol. The van der Waals surface area contributed by atoms with E-state index in [0.29, 0.717) is 17.9 Å². The number of carbonyl (C=O) groups excluding carboxylic acids is 1. The third-order valence-corrected chi connectivity index (χ3v) is 3.29. The van der Waals surface area contributed by atoms with Crippen molar-refractivity contribution < 1.29 is 9.21 Å². The van der Waals surface area contributed by atoms with Gasteiger partial charge in [-0.25, -0.2) is 4.98 Å².